The van der Waals surface area contributed by atoms with E-state index in [4.69, 9.17) is 10.8 Å². The lowest BCUT2D eigenvalue weighted by Gasteiger charge is -2.12. The van der Waals surface area contributed by atoms with Crippen LogP contribution in [0.3, 0.4) is 0 Å². The highest BCUT2D eigenvalue weighted by molar-refractivity contribution is 5.91. The molecule has 1 atom stereocenters. The lowest BCUT2D eigenvalue weighted by Crippen LogP contribution is -2.32. The minimum Gasteiger partial charge on any atom is -0.480 e. The molecule has 0 fully saturated rings. The molecule has 0 radical (unpaired) electrons. The molecular weight excluding hydrogens is 377 g/mol. The molecule has 0 saturated heterocycles. The number of halogens is 3. The van der Waals surface area contributed by atoms with Crippen LogP contribution in [0.2, 0.25) is 0 Å². The monoisotopic (exact) mass is 392 g/mol. The molecule has 10 heteroatoms. The van der Waals surface area contributed by atoms with Gasteiger partial charge in [0.2, 0.25) is 0 Å². The maximum atomic E-state index is 12.5. The van der Waals surface area contributed by atoms with Gasteiger partial charge in [0.05, 0.1) is 5.52 Å². The van der Waals surface area contributed by atoms with Crippen molar-refractivity contribution in [1.29, 1.82) is 0 Å². The molecular formula is C18H15F3N4O3. The Hall–Kier alpha value is -3.40. The summed E-state index contributed by atoms with van der Waals surface area (Å²) in [6.45, 7) is 0. The van der Waals surface area contributed by atoms with Crippen molar-refractivity contribution in [3.05, 3.63) is 54.4 Å². The van der Waals surface area contributed by atoms with Gasteiger partial charge in [-0.2, -0.15) is 0 Å². The second-order valence-electron chi connectivity index (χ2n) is 5.92. The zero-order valence-electron chi connectivity index (χ0n) is 14.3. The largest absolute Gasteiger partial charge is 0.573 e. The Kier molecular flexibility index (Phi) is 5.32. The van der Waals surface area contributed by atoms with Crippen molar-refractivity contribution in [2.75, 3.05) is 5.32 Å². The third-order valence-corrected chi connectivity index (χ3v) is 3.83. The first-order valence-electron chi connectivity index (χ1n) is 8.06. The Labute approximate surface area is 157 Å². The Morgan fingerprint density at radius 1 is 1.18 bits per heavy atom. The number of nitrogens with zero attached hydrogens (tertiary/aromatic N) is 2. The van der Waals surface area contributed by atoms with E-state index in [1.54, 1.807) is 24.3 Å². The van der Waals surface area contributed by atoms with E-state index in [1.807, 2.05) is 0 Å². The fraction of sp³-hybridized carbons (Fsp3) is 0.167. The van der Waals surface area contributed by atoms with E-state index in [2.05, 4.69) is 20.0 Å². The fourth-order valence-corrected chi connectivity index (χ4v) is 2.53. The summed E-state index contributed by atoms with van der Waals surface area (Å²) in [5.74, 6) is -1.17. The van der Waals surface area contributed by atoms with Crippen LogP contribution in [0, 0.1) is 0 Å². The maximum Gasteiger partial charge on any atom is 0.573 e. The number of hydrogen-bond acceptors (Lipinski definition) is 6. The molecule has 0 unspecified atom stereocenters. The molecule has 0 amide bonds. The number of nitrogens with two attached hydrogens (primary N) is 1. The summed E-state index contributed by atoms with van der Waals surface area (Å²) in [6, 6.07) is 9.55. The lowest BCUT2D eigenvalue weighted by molar-refractivity contribution is -0.274. The van der Waals surface area contributed by atoms with Gasteiger partial charge in [-0.3, -0.25) is 4.79 Å². The van der Waals surface area contributed by atoms with Crippen LogP contribution in [0.4, 0.5) is 24.7 Å². The van der Waals surface area contributed by atoms with Crippen LogP contribution in [0.5, 0.6) is 5.75 Å². The molecule has 1 heterocycles. The summed E-state index contributed by atoms with van der Waals surface area (Å²) < 4.78 is 41.3. The number of carbonyl (C=O) groups is 1. The molecule has 0 bridgehead atoms. The Balaban J connectivity index is 1.83. The van der Waals surface area contributed by atoms with Crippen LogP contribution in [-0.4, -0.2) is 33.4 Å². The Bertz CT molecular complexity index is 994. The first-order chi connectivity index (χ1) is 13.2. The van der Waals surface area contributed by atoms with E-state index < -0.39 is 18.4 Å². The van der Waals surface area contributed by atoms with E-state index in [9.17, 15) is 18.0 Å². The number of aromatic nitrogens is 2. The highest BCUT2D eigenvalue weighted by Crippen LogP contribution is 2.29. The van der Waals surface area contributed by atoms with Crippen molar-refractivity contribution >= 4 is 28.4 Å². The zero-order chi connectivity index (χ0) is 20.3. The molecule has 28 heavy (non-hydrogen) atoms. The predicted molar refractivity (Wildman–Crippen MR) is 95.3 cm³/mol. The van der Waals surface area contributed by atoms with Gasteiger partial charge < -0.3 is 20.9 Å². The molecule has 0 aliphatic rings. The van der Waals surface area contributed by atoms with Crippen molar-refractivity contribution in [1.82, 2.24) is 9.97 Å². The van der Waals surface area contributed by atoms with Crippen LogP contribution in [0.1, 0.15) is 5.56 Å². The molecule has 146 valence electrons. The number of anilines is 2. The molecule has 0 spiro atoms. The maximum absolute atomic E-state index is 12.5. The van der Waals surface area contributed by atoms with Gasteiger partial charge in [0.15, 0.2) is 0 Å². The highest BCUT2D eigenvalue weighted by atomic mass is 19.4. The van der Waals surface area contributed by atoms with Gasteiger partial charge in [-0.1, -0.05) is 12.1 Å². The zero-order valence-corrected chi connectivity index (χ0v) is 14.3. The van der Waals surface area contributed by atoms with Crippen molar-refractivity contribution in [2.45, 2.75) is 18.8 Å². The summed E-state index contributed by atoms with van der Waals surface area (Å²) in [4.78, 5) is 18.9. The third kappa shape index (κ3) is 4.86. The summed E-state index contributed by atoms with van der Waals surface area (Å²) >= 11 is 0. The second kappa shape index (κ2) is 7.69. The number of alkyl halides is 3. The number of carboxylic acid groups (broad SMARTS) is 1. The SMILES string of the molecule is N[C@@H](Cc1ccc(Nc2ncnc3ccc(OC(F)(F)F)cc23)cc1)C(=O)O. The molecule has 2 aromatic carbocycles. The van der Waals surface area contributed by atoms with E-state index in [0.717, 1.165) is 5.56 Å². The van der Waals surface area contributed by atoms with Gasteiger partial charge in [-0.15, -0.1) is 13.2 Å². The quantitative estimate of drug-likeness (QED) is 0.591. The van der Waals surface area contributed by atoms with Crippen LogP contribution in [0.25, 0.3) is 10.9 Å². The average molecular weight is 392 g/mol. The summed E-state index contributed by atoms with van der Waals surface area (Å²) in [6.07, 6.45) is -3.34. The Morgan fingerprint density at radius 2 is 1.89 bits per heavy atom. The molecule has 3 aromatic rings. The number of fused-ring (bicyclic) bond motifs is 1. The van der Waals surface area contributed by atoms with Crippen LogP contribution in [0.15, 0.2) is 48.8 Å². The molecule has 7 nitrogen and oxygen atoms in total. The second-order valence-corrected chi connectivity index (χ2v) is 5.92. The molecule has 1 aromatic heterocycles. The molecule has 0 saturated carbocycles. The standard InChI is InChI=1S/C18H15F3N4O3/c19-18(20,21)28-12-5-6-15-13(8-12)16(24-9-23-15)25-11-3-1-10(2-4-11)7-14(22)17(26)27/h1-6,8-9,14H,7,22H2,(H,26,27)(H,23,24,25)/t14-/m0/s1. The van der Waals surface area contributed by atoms with E-state index in [0.29, 0.717) is 22.4 Å². The first kappa shape index (κ1) is 19.4. The number of benzene rings is 2. The van der Waals surface area contributed by atoms with Gasteiger partial charge >= 0.3 is 12.3 Å². The number of carboxylic acids is 1. The molecule has 0 aliphatic heterocycles. The van der Waals surface area contributed by atoms with Crippen LogP contribution < -0.4 is 15.8 Å². The number of rotatable bonds is 6. The van der Waals surface area contributed by atoms with E-state index >= 15 is 0 Å². The van der Waals surface area contributed by atoms with Crippen LogP contribution in [-0.2, 0) is 11.2 Å². The molecule has 3 rings (SSSR count). The van der Waals surface area contributed by atoms with E-state index in [1.165, 1.54) is 24.5 Å². The molecule has 4 N–H and O–H groups in total. The Morgan fingerprint density at radius 3 is 2.54 bits per heavy atom. The topological polar surface area (TPSA) is 110 Å². The van der Waals surface area contributed by atoms with Crippen molar-refractivity contribution in [2.24, 2.45) is 5.73 Å². The third-order valence-electron chi connectivity index (χ3n) is 3.83. The van der Waals surface area contributed by atoms with Gasteiger partial charge in [0.25, 0.3) is 0 Å². The number of ether oxygens (including phenoxy) is 1. The first-order valence-corrected chi connectivity index (χ1v) is 8.06. The number of nitrogens with one attached hydrogen (secondary N) is 1. The van der Waals surface area contributed by atoms with Gasteiger partial charge in [0.1, 0.15) is 23.9 Å². The summed E-state index contributed by atoms with van der Waals surface area (Å²) in [5.41, 5.74) is 7.28. The number of aliphatic carboxylic acids is 1. The molecule has 0 aliphatic carbocycles. The fourth-order valence-electron chi connectivity index (χ4n) is 2.53. The smallest absolute Gasteiger partial charge is 0.480 e. The van der Waals surface area contributed by atoms with Crippen LogP contribution >= 0.6 is 0 Å². The minimum absolute atomic E-state index is 0.171. The van der Waals surface area contributed by atoms with Gasteiger partial charge in [-0.25, -0.2) is 9.97 Å². The normalized spacial score (nSPS) is 12.6. The number of hydrogen-bond donors (Lipinski definition) is 3. The minimum atomic E-state index is -4.80. The highest BCUT2D eigenvalue weighted by Gasteiger charge is 2.31. The van der Waals surface area contributed by atoms with Crippen molar-refractivity contribution < 1.29 is 27.8 Å². The van der Waals surface area contributed by atoms with Crippen molar-refractivity contribution in [3.63, 3.8) is 0 Å². The lowest BCUT2D eigenvalue weighted by atomic mass is 10.1. The van der Waals surface area contributed by atoms with Gasteiger partial charge in [0, 0.05) is 11.1 Å². The van der Waals surface area contributed by atoms with Crippen molar-refractivity contribution in [3.8, 4) is 5.75 Å². The van der Waals surface area contributed by atoms with Gasteiger partial charge in [-0.05, 0) is 42.3 Å². The predicted octanol–water partition coefficient (Wildman–Crippen LogP) is 3.23. The van der Waals surface area contributed by atoms with E-state index in [-0.39, 0.29) is 12.2 Å². The summed E-state index contributed by atoms with van der Waals surface area (Å²) in [5, 5.41) is 12.2. The average Bonchev–Trinajstić information content (AvgIpc) is 2.62. The summed E-state index contributed by atoms with van der Waals surface area (Å²) in [7, 11) is 0.